The van der Waals surface area contributed by atoms with Gasteiger partial charge in [0.1, 0.15) is 11.7 Å². The normalized spacial score (nSPS) is 11.9. The number of nitrogens with zero attached hydrogens (tertiary/aromatic N) is 2. The van der Waals surface area contributed by atoms with Gasteiger partial charge < -0.3 is 25.2 Å². The van der Waals surface area contributed by atoms with Gasteiger partial charge in [0.25, 0.3) is 5.91 Å². The molecular weight excluding hydrogens is 494 g/mol. The summed E-state index contributed by atoms with van der Waals surface area (Å²) in [7, 11) is 0. The number of amides is 1. The first kappa shape index (κ1) is 25.7. The minimum absolute atomic E-state index is 0.150. The molecule has 1 unspecified atom stereocenters. The van der Waals surface area contributed by atoms with Crippen molar-refractivity contribution >= 4 is 28.9 Å². The van der Waals surface area contributed by atoms with Crippen molar-refractivity contribution in [3.63, 3.8) is 0 Å². The number of carboxylic acid groups (broad SMARTS) is 1. The fourth-order valence-electron chi connectivity index (χ4n) is 4.76. The number of anilines is 1. The number of aliphatic carboxylic acids is 1. The highest BCUT2D eigenvalue weighted by molar-refractivity contribution is 5.99. The molecule has 0 aliphatic carbocycles. The number of para-hydroxylation sites is 2. The van der Waals surface area contributed by atoms with E-state index in [0.29, 0.717) is 29.5 Å². The lowest BCUT2D eigenvalue weighted by Gasteiger charge is -2.17. The number of aromatic nitrogens is 3. The van der Waals surface area contributed by atoms with Crippen LogP contribution in [-0.4, -0.2) is 38.1 Å². The molecule has 1 atom stereocenters. The van der Waals surface area contributed by atoms with E-state index in [1.165, 1.54) is 0 Å². The van der Waals surface area contributed by atoms with E-state index in [1.807, 2.05) is 87.5 Å². The molecule has 0 bridgehead atoms. The summed E-state index contributed by atoms with van der Waals surface area (Å²) in [5.41, 5.74) is 7.30. The van der Waals surface area contributed by atoms with Gasteiger partial charge in [0.2, 0.25) is 5.95 Å². The summed E-state index contributed by atoms with van der Waals surface area (Å²) in [4.78, 5) is 32.6. The van der Waals surface area contributed by atoms with Crippen molar-refractivity contribution in [2.45, 2.75) is 39.8 Å². The Morgan fingerprint density at radius 3 is 2.41 bits per heavy atom. The van der Waals surface area contributed by atoms with Gasteiger partial charge in [0, 0.05) is 23.6 Å². The number of carbonyl (C=O) groups excluding carboxylic acids is 1. The van der Waals surface area contributed by atoms with Gasteiger partial charge in [-0.25, -0.2) is 9.78 Å². The number of hydrogen-bond donors (Lipinski definition) is 4. The number of fused-ring (bicyclic) bond motifs is 1. The van der Waals surface area contributed by atoms with E-state index in [2.05, 4.69) is 25.8 Å². The SMILES string of the molecule is Cc1cc(C)c(C(=O)NC(Cc2ccc(-c3cc(CNc4nc5ccccc5[nH]4)on3)cc2)C(=O)O)c(C)c1. The van der Waals surface area contributed by atoms with Gasteiger partial charge in [-0.3, -0.25) is 4.79 Å². The lowest BCUT2D eigenvalue weighted by molar-refractivity contribution is -0.139. The van der Waals surface area contributed by atoms with Crippen LogP contribution < -0.4 is 10.6 Å². The number of carboxylic acids is 1. The second-order valence-corrected chi connectivity index (χ2v) is 9.67. The summed E-state index contributed by atoms with van der Waals surface area (Å²) in [6, 6.07) is 19.8. The number of aryl methyl sites for hydroxylation is 3. The number of carbonyl (C=O) groups is 2. The molecule has 4 N–H and O–H groups in total. The van der Waals surface area contributed by atoms with Crippen molar-refractivity contribution in [3.8, 4) is 11.3 Å². The van der Waals surface area contributed by atoms with Crippen LogP contribution in [0.1, 0.15) is 38.4 Å². The number of hydrogen-bond acceptors (Lipinski definition) is 6. The highest BCUT2D eigenvalue weighted by Crippen LogP contribution is 2.22. The second-order valence-electron chi connectivity index (χ2n) is 9.67. The van der Waals surface area contributed by atoms with Crippen LogP contribution in [0.25, 0.3) is 22.3 Å². The van der Waals surface area contributed by atoms with Crippen molar-refractivity contribution in [1.29, 1.82) is 0 Å². The molecule has 0 radical (unpaired) electrons. The largest absolute Gasteiger partial charge is 0.480 e. The van der Waals surface area contributed by atoms with Crippen molar-refractivity contribution in [2.75, 3.05) is 5.32 Å². The summed E-state index contributed by atoms with van der Waals surface area (Å²) >= 11 is 0. The Balaban J connectivity index is 1.22. The van der Waals surface area contributed by atoms with E-state index in [-0.39, 0.29) is 12.3 Å². The molecule has 5 aromatic rings. The van der Waals surface area contributed by atoms with Crippen molar-refractivity contribution in [2.24, 2.45) is 0 Å². The van der Waals surface area contributed by atoms with Crippen LogP contribution in [0.5, 0.6) is 0 Å². The fourth-order valence-corrected chi connectivity index (χ4v) is 4.76. The van der Waals surface area contributed by atoms with Crippen LogP contribution in [0.15, 0.2) is 71.3 Å². The quantitative estimate of drug-likeness (QED) is 0.209. The number of rotatable bonds is 9. The Morgan fingerprint density at radius 2 is 1.72 bits per heavy atom. The van der Waals surface area contributed by atoms with E-state index in [1.54, 1.807) is 0 Å². The summed E-state index contributed by atoms with van der Waals surface area (Å²) < 4.78 is 5.47. The Morgan fingerprint density at radius 1 is 1.00 bits per heavy atom. The average Bonchev–Trinajstić information content (AvgIpc) is 3.54. The zero-order valence-electron chi connectivity index (χ0n) is 21.9. The van der Waals surface area contributed by atoms with Gasteiger partial charge >= 0.3 is 5.97 Å². The number of nitrogens with one attached hydrogen (secondary N) is 3. The topological polar surface area (TPSA) is 133 Å². The van der Waals surface area contributed by atoms with Crippen molar-refractivity contribution in [1.82, 2.24) is 20.4 Å². The van der Waals surface area contributed by atoms with E-state index < -0.39 is 12.0 Å². The molecule has 0 aliphatic rings. The smallest absolute Gasteiger partial charge is 0.326 e. The molecule has 9 nitrogen and oxygen atoms in total. The maximum absolute atomic E-state index is 12.9. The standard InChI is InChI=1S/C30H29N5O4/c1-17-12-18(2)27(19(3)13-17)28(36)32-26(29(37)38)14-20-8-10-21(11-9-20)25-15-22(39-35-25)16-31-30-33-23-6-4-5-7-24(23)34-30/h4-13,15,26H,14,16H2,1-3H3,(H,32,36)(H,37,38)(H2,31,33,34). The Kier molecular flexibility index (Phi) is 7.14. The molecule has 39 heavy (non-hydrogen) atoms. The van der Waals surface area contributed by atoms with Crippen LogP contribution in [0.4, 0.5) is 5.95 Å². The highest BCUT2D eigenvalue weighted by Gasteiger charge is 2.23. The number of imidazole rings is 1. The molecule has 1 amide bonds. The minimum Gasteiger partial charge on any atom is -0.480 e. The van der Waals surface area contributed by atoms with Crippen LogP contribution >= 0.6 is 0 Å². The zero-order chi connectivity index (χ0) is 27.5. The van der Waals surface area contributed by atoms with E-state index in [0.717, 1.165) is 38.9 Å². The molecular formula is C30H29N5O4. The van der Waals surface area contributed by atoms with Gasteiger partial charge in [-0.1, -0.05) is 59.3 Å². The van der Waals surface area contributed by atoms with Gasteiger partial charge in [0.15, 0.2) is 5.76 Å². The summed E-state index contributed by atoms with van der Waals surface area (Å²) in [6.07, 6.45) is 0.150. The van der Waals surface area contributed by atoms with Crippen molar-refractivity contribution < 1.29 is 19.2 Å². The summed E-state index contributed by atoms with van der Waals surface area (Å²) in [6.45, 7) is 6.08. The first-order chi connectivity index (χ1) is 18.8. The molecule has 2 aromatic heterocycles. The average molecular weight is 524 g/mol. The maximum Gasteiger partial charge on any atom is 0.326 e. The third kappa shape index (κ3) is 5.82. The highest BCUT2D eigenvalue weighted by atomic mass is 16.5. The van der Waals surface area contributed by atoms with Crippen LogP contribution in [0.3, 0.4) is 0 Å². The number of aromatic amines is 1. The molecule has 0 spiro atoms. The summed E-state index contributed by atoms with van der Waals surface area (Å²) in [5, 5.41) is 19.8. The zero-order valence-corrected chi connectivity index (χ0v) is 21.9. The predicted octanol–water partition coefficient (Wildman–Crippen LogP) is 5.18. The Hall–Kier alpha value is -4.92. The summed E-state index contributed by atoms with van der Waals surface area (Å²) in [5.74, 6) is -0.190. The van der Waals surface area contributed by atoms with E-state index >= 15 is 0 Å². The van der Waals surface area contributed by atoms with Crippen LogP contribution in [0.2, 0.25) is 0 Å². The van der Waals surface area contributed by atoms with Crippen LogP contribution in [-0.2, 0) is 17.8 Å². The van der Waals surface area contributed by atoms with Gasteiger partial charge in [-0.05, 0) is 49.6 Å². The molecule has 198 valence electrons. The Labute approximate surface area is 225 Å². The first-order valence-electron chi connectivity index (χ1n) is 12.6. The lowest BCUT2D eigenvalue weighted by atomic mass is 9.98. The minimum atomic E-state index is -1.09. The third-order valence-electron chi connectivity index (χ3n) is 6.58. The number of H-pyrrole nitrogens is 1. The maximum atomic E-state index is 12.9. The molecule has 0 fully saturated rings. The van der Waals surface area contributed by atoms with Crippen molar-refractivity contribution in [3.05, 3.63) is 100 Å². The third-order valence-corrected chi connectivity index (χ3v) is 6.58. The molecule has 0 saturated heterocycles. The molecule has 3 aromatic carbocycles. The predicted molar refractivity (Wildman–Crippen MR) is 149 cm³/mol. The molecule has 2 heterocycles. The van der Waals surface area contributed by atoms with Gasteiger partial charge in [-0.15, -0.1) is 0 Å². The molecule has 0 aliphatic heterocycles. The first-order valence-corrected chi connectivity index (χ1v) is 12.6. The Bertz CT molecular complexity index is 1600. The lowest BCUT2D eigenvalue weighted by Crippen LogP contribution is -2.42. The monoisotopic (exact) mass is 523 g/mol. The molecule has 9 heteroatoms. The molecule has 5 rings (SSSR count). The van der Waals surface area contributed by atoms with Crippen LogP contribution in [0, 0.1) is 20.8 Å². The fraction of sp³-hybridized carbons (Fsp3) is 0.200. The second kappa shape index (κ2) is 10.8. The van der Waals surface area contributed by atoms with Gasteiger partial charge in [-0.2, -0.15) is 0 Å². The van der Waals surface area contributed by atoms with E-state index in [4.69, 9.17) is 4.52 Å². The van der Waals surface area contributed by atoms with E-state index in [9.17, 15) is 14.7 Å². The molecule has 0 saturated carbocycles. The van der Waals surface area contributed by atoms with Gasteiger partial charge in [0.05, 0.1) is 17.6 Å². The number of benzene rings is 3.